The average molecular weight is 451 g/mol. The molecular weight excluding hydrogens is 420 g/mol. The second kappa shape index (κ2) is 7.80. The maximum Gasteiger partial charge on any atom is 0.336 e. The Morgan fingerprint density at radius 2 is 1.64 bits per heavy atom. The number of aromatic carboxylic acids is 1. The van der Waals surface area contributed by atoms with E-state index in [9.17, 15) is 25.0 Å². The molecule has 2 heterocycles. The molecule has 2 aromatic carbocycles. The smallest absolute Gasteiger partial charge is 0.336 e. The Bertz CT molecular complexity index is 1120. The lowest BCUT2D eigenvalue weighted by Crippen LogP contribution is -2.52. The molecule has 7 nitrogen and oxygen atoms in total. The van der Waals surface area contributed by atoms with E-state index in [0.29, 0.717) is 17.6 Å². The molecule has 0 unspecified atom stereocenters. The van der Waals surface area contributed by atoms with Crippen LogP contribution in [0.2, 0.25) is 0 Å². The number of carboxylic acid groups (broad SMARTS) is 1. The number of rotatable bonds is 5. The first-order valence-corrected chi connectivity index (χ1v) is 11.0. The summed E-state index contributed by atoms with van der Waals surface area (Å²) in [7, 11) is 0. The molecular formula is C26H30N2O5. The van der Waals surface area contributed by atoms with Gasteiger partial charge in [0.15, 0.2) is 0 Å². The highest BCUT2D eigenvalue weighted by atomic mass is 16.5. The maximum atomic E-state index is 13.7. The molecule has 2 atom stereocenters. The zero-order valence-corrected chi connectivity index (χ0v) is 19.3. The molecule has 4 rings (SSSR count). The Labute approximate surface area is 193 Å². The Hall–Kier alpha value is -3.00. The van der Waals surface area contributed by atoms with Crippen molar-refractivity contribution >= 4 is 17.3 Å². The van der Waals surface area contributed by atoms with Crippen molar-refractivity contribution in [2.75, 3.05) is 6.54 Å². The van der Waals surface area contributed by atoms with Gasteiger partial charge in [-0.15, -0.1) is 0 Å². The van der Waals surface area contributed by atoms with Crippen molar-refractivity contribution in [3.8, 4) is 0 Å². The monoisotopic (exact) mass is 450 g/mol. The number of carboxylic acids is 1. The minimum absolute atomic E-state index is 0.0283. The van der Waals surface area contributed by atoms with Crippen LogP contribution in [0.3, 0.4) is 0 Å². The zero-order valence-electron chi connectivity index (χ0n) is 19.3. The van der Waals surface area contributed by atoms with Gasteiger partial charge in [-0.3, -0.25) is 4.79 Å². The SMILES string of the molecule is CC1(C)C[C@H](CN2C=C(c3ccccc3)C(=O)[C@]2(O)c2ccccc2C(=O)O)C(C)(C)N1O. The van der Waals surface area contributed by atoms with E-state index in [4.69, 9.17) is 0 Å². The number of hydrogen-bond acceptors (Lipinski definition) is 6. The van der Waals surface area contributed by atoms with Gasteiger partial charge >= 0.3 is 5.97 Å². The molecule has 7 heteroatoms. The van der Waals surface area contributed by atoms with Crippen LogP contribution >= 0.6 is 0 Å². The van der Waals surface area contributed by atoms with Gasteiger partial charge < -0.3 is 20.3 Å². The van der Waals surface area contributed by atoms with E-state index in [-0.39, 0.29) is 23.6 Å². The lowest BCUT2D eigenvalue weighted by molar-refractivity contribution is -0.198. The molecule has 2 aromatic rings. The fourth-order valence-electron chi connectivity index (χ4n) is 5.30. The number of ketones is 1. The largest absolute Gasteiger partial charge is 0.478 e. The summed E-state index contributed by atoms with van der Waals surface area (Å²) in [5, 5.41) is 33.8. The second-order valence-electron chi connectivity index (χ2n) is 10.1. The molecule has 33 heavy (non-hydrogen) atoms. The van der Waals surface area contributed by atoms with E-state index >= 15 is 0 Å². The number of aliphatic hydroxyl groups is 1. The topological polar surface area (TPSA) is 101 Å². The molecule has 0 aromatic heterocycles. The molecule has 0 spiro atoms. The molecule has 0 saturated carbocycles. The number of hydrogen-bond donors (Lipinski definition) is 3. The summed E-state index contributed by atoms with van der Waals surface area (Å²) < 4.78 is 0. The first-order valence-electron chi connectivity index (χ1n) is 11.0. The molecule has 1 fully saturated rings. The summed E-state index contributed by atoms with van der Waals surface area (Å²) in [6.45, 7) is 7.99. The van der Waals surface area contributed by atoms with Gasteiger partial charge in [0.1, 0.15) is 0 Å². The minimum atomic E-state index is -2.18. The van der Waals surface area contributed by atoms with E-state index in [0.717, 1.165) is 0 Å². The fraction of sp³-hybridized carbons (Fsp3) is 0.385. The third kappa shape index (κ3) is 3.57. The van der Waals surface area contributed by atoms with E-state index in [1.807, 2.05) is 45.9 Å². The lowest BCUT2D eigenvalue weighted by atomic mass is 9.85. The van der Waals surface area contributed by atoms with Gasteiger partial charge in [0, 0.05) is 35.0 Å². The predicted molar refractivity (Wildman–Crippen MR) is 123 cm³/mol. The summed E-state index contributed by atoms with van der Waals surface area (Å²) in [6, 6.07) is 15.1. The van der Waals surface area contributed by atoms with E-state index in [1.165, 1.54) is 17.2 Å². The van der Waals surface area contributed by atoms with Crippen LogP contribution in [0.1, 0.15) is 55.6 Å². The predicted octanol–water partition coefficient (Wildman–Crippen LogP) is 3.72. The number of hydroxylamine groups is 2. The molecule has 0 amide bonds. The minimum Gasteiger partial charge on any atom is -0.478 e. The average Bonchev–Trinajstić information content (AvgIpc) is 3.12. The van der Waals surface area contributed by atoms with Crippen molar-refractivity contribution < 1.29 is 25.0 Å². The van der Waals surface area contributed by atoms with Gasteiger partial charge in [0.25, 0.3) is 0 Å². The maximum absolute atomic E-state index is 13.7. The van der Waals surface area contributed by atoms with Gasteiger partial charge in [-0.1, -0.05) is 48.5 Å². The third-order valence-corrected chi connectivity index (χ3v) is 7.16. The van der Waals surface area contributed by atoms with Gasteiger partial charge in [-0.2, -0.15) is 5.06 Å². The van der Waals surface area contributed by atoms with Crippen molar-refractivity contribution in [3.63, 3.8) is 0 Å². The van der Waals surface area contributed by atoms with Gasteiger partial charge in [0.2, 0.25) is 11.5 Å². The Kier molecular flexibility index (Phi) is 5.47. The first kappa shape index (κ1) is 23.2. The molecule has 174 valence electrons. The van der Waals surface area contributed by atoms with Gasteiger partial charge in [-0.05, 0) is 51.7 Å². The van der Waals surface area contributed by atoms with Crippen LogP contribution in [0.25, 0.3) is 5.57 Å². The van der Waals surface area contributed by atoms with Gasteiger partial charge in [0.05, 0.1) is 5.56 Å². The van der Waals surface area contributed by atoms with Crippen LogP contribution in [-0.2, 0) is 10.5 Å². The highest BCUT2D eigenvalue weighted by Gasteiger charge is 2.56. The lowest BCUT2D eigenvalue weighted by Gasteiger charge is -2.40. The first-order chi connectivity index (χ1) is 15.4. The summed E-state index contributed by atoms with van der Waals surface area (Å²) >= 11 is 0. The molecule has 3 N–H and O–H groups in total. The standard InChI is InChI=1S/C26H30N2O5/c1-24(2)14-18(25(3,4)28(24)33)15-27-16-20(17-10-6-5-7-11-17)22(29)26(27,32)21-13-9-8-12-19(21)23(30)31/h5-13,16,18,32-33H,14-15H2,1-4H3,(H,30,31)/t18-,26-/m1/s1. The summed E-state index contributed by atoms with van der Waals surface area (Å²) in [5.41, 5.74) is -2.43. The zero-order chi connectivity index (χ0) is 24.2. The Morgan fingerprint density at radius 3 is 2.21 bits per heavy atom. The van der Waals surface area contributed by atoms with Crippen LogP contribution in [-0.4, -0.2) is 54.8 Å². The van der Waals surface area contributed by atoms with Crippen LogP contribution in [0.4, 0.5) is 0 Å². The summed E-state index contributed by atoms with van der Waals surface area (Å²) in [4.78, 5) is 27.2. The van der Waals surface area contributed by atoms with Crippen LogP contribution in [0.5, 0.6) is 0 Å². The van der Waals surface area contributed by atoms with Crippen molar-refractivity contribution in [2.24, 2.45) is 5.92 Å². The van der Waals surface area contributed by atoms with Crippen LogP contribution in [0, 0.1) is 5.92 Å². The third-order valence-electron chi connectivity index (χ3n) is 7.16. The normalized spacial score (nSPS) is 26.5. The number of carbonyl (C=O) groups excluding carboxylic acids is 1. The number of carbonyl (C=O) groups is 2. The summed E-state index contributed by atoms with van der Waals surface area (Å²) in [6.07, 6.45) is 2.26. The fourth-order valence-corrected chi connectivity index (χ4v) is 5.30. The van der Waals surface area contributed by atoms with Crippen molar-refractivity contribution in [1.29, 1.82) is 0 Å². The van der Waals surface area contributed by atoms with Gasteiger partial charge in [-0.25, -0.2) is 4.79 Å². The molecule has 0 aliphatic carbocycles. The Morgan fingerprint density at radius 1 is 1.03 bits per heavy atom. The highest BCUT2D eigenvalue weighted by Crippen LogP contribution is 2.47. The van der Waals surface area contributed by atoms with Crippen molar-refractivity contribution in [2.45, 2.75) is 50.9 Å². The van der Waals surface area contributed by atoms with E-state index < -0.39 is 28.6 Å². The second-order valence-corrected chi connectivity index (χ2v) is 10.1. The molecule has 2 aliphatic heterocycles. The van der Waals surface area contributed by atoms with Crippen molar-refractivity contribution in [3.05, 3.63) is 77.5 Å². The number of Topliss-reactive ketones (excluding diaryl/α,β-unsaturated/α-hetero) is 1. The van der Waals surface area contributed by atoms with Crippen molar-refractivity contribution in [1.82, 2.24) is 9.96 Å². The van der Waals surface area contributed by atoms with E-state index in [1.54, 1.807) is 35.4 Å². The molecule has 0 radical (unpaired) electrons. The molecule has 1 saturated heterocycles. The molecule has 0 bridgehead atoms. The van der Waals surface area contributed by atoms with Crippen LogP contribution < -0.4 is 0 Å². The number of nitrogens with zero attached hydrogens (tertiary/aromatic N) is 2. The Balaban J connectivity index is 1.84. The quantitative estimate of drug-likeness (QED) is 0.638. The number of benzene rings is 2. The van der Waals surface area contributed by atoms with E-state index in [2.05, 4.69) is 0 Å². The molecule has 2 aliphatic rings. The highest BCUT2D eigenvalue weighted by molar-refractivity contribution is 6.26. The van der Waals surface area contributed by atoms with Crippen LogP contribution in [0.15, 0.2) is 60.8 Å². The summed E-state index contributed by atoms with van der Waals surface area (Å²) in [5.74, 6) is -1.90.